The summed E-state index contributed by atoms with van der Waals surface area (Å²) in [6, 6.07) is 11.8. The molecule has 0 radical (unpaired) electrons. The number of amides is 1. The van der Waals surface area contributed by atoms with Crippen molar-refractivity contribution in [3.05, 3.63) is 48.0 Å². The van der Waals surface area contributed by atoms with Gasteiger partial charge in [0.25, 0.3) is 0 Å². The van der Waals surface area contributed by atoms with Gasteiger partial charge in [-0.25, -0.2) is 8.42 Å². The molecule has 1 unspecified atom stereocenters. The van der Waals surface area contributed by atoms with E-state index in [9.17, 15) is 18.3 Å². The van der Waals surface area contributed by atoms with E-state index < -0.39 is 16.1 Å². The van der Waals surface area contributed by atoms with Crippen molar-refractivity contribution in [1.82, 2.24) is 9.62 Å². The van der Waals surface area contributed by atoms with E-state index in [1.165, 1.54) is 18.5 Å². The first kappa shape index (κ1) is 27.4. The molecule has 2 aromatic carbocycles. The zero-order valence-electron chi connectivity index (χ0n) is 20.1. The van der Waals surface area contributed by atoms with Crippen LogP contribution in [0.4, 0.5) is 0 Å². The van der Waals surface area contributed by atoms with E-state index >= 15 is 0 Å². The normalized spacial score (nSPS) is 12.3. The number of nitrogens with zero attached hydrogens (tertiary/aromatic N) is 1. The van der Waals surface area contributed by atoms with Crippen molar-refractivity contribution in [2.45, 2.75) is 37.7 Å². The molecule has 10 heteroatoms. The van der Waals surface area contributed by atoms with Crippen LogP contribution in [0.1, 0.15) is 25.8 Å². The summed E-state index contributed by atoms with van der Waals surface area (Å²) in [4.78, 5) is 12.4. The second kappa shape index (κ2) is 13.2. The number of benzene rings is 2. The van der Waals surface area contributed by atoms with Crippen molar-refractivity contribution < 1.29 is 32.5 Å². The lowest BCUT2D eigenvalue weighted by molar-refractivity contribution is -0.121. The van der Waals surface area contributed by atoms with Crippen molar-refractivity contribution in [2.24, 2.45) is 0 Å². The summed E-state index contributed by atoms with van der Waals surface area (Å²) in [5.41, 5.74) is 0.848. The van der Waals surface area contributed by atoms with Gasteiger partial charge >= 0.3 is 0 Å². The van der Waals surface area contributed by atoms with E-state index in [2.05, 4.69) is 5.32 Å². The van der Waals surface area contributed by atoms with E-state index in [0.717, 1.165) is 5.56 Å². The van der Waals surface area contributed by atoms with Gasteiger partial charge in [0.05, 0.1) is 19.1 Å². The number of ether oxygens (including phenoxy) is 3. The fourth-order valence-electron chi connectivity index (χ4n) is 3.32. The first-order valence-corrected chi connectivity index (χ1v) is 12.6. The van der Waals surface area contributed by atoms with E-state index in [-0.39, 0.29) is 30.4 Å². The topological polar surface area (TPSA) is 114 Å². The molecule has 188 valence electrons. The van der Waals surface area contributed by atoms with E-state index in [4.69, 9.17) is 14.2 Å². The Kier molecular flexibility index (Phi) is 10.6. The zero-order valence-corrected chi connectivity index (χ0v) is 20.9. The van der Waals surface area contributed by atoms with Gasteiger partial charge in [-0.1, -0.05) is 32.0 Å². The van der Waals surface area contributed by atoms with Crippen LogP contribution in [-0.2, 0) is 21.2 Å². The van der Waals surface area contributed by atoms with Crippen LogP contribution in [0.25, 0.3) is 0 Å². The third kappa shape index (κ3) is 7.34. The summed E-state index contributed by atoms with van der Waals surface area (Å²) in [5, 5.41) is 12.9. The predicted octanol–water partition coefficient (Wildman–Crippen LogP) is 2.22. The molecule has 0 bridgehead atoms. The van der Waals surface area contributed by atoms with E-state index in [1.807, 2.05) is 0 Å². The van der Waals surface area contributed by atoms with E-state index in [0.29, 0.717) is 36.8 Å². The SMILES string of the molecule is CCN(CC)S(=O)(=O)c1ccc(CCC(=O)NCC(O)COc2c(OC)cccc2OC)cc1. The summed E-state index contributed by atoms with van der Waals surface area (Å²) < 4.78 is 42.6. The van der Waals surface area contributed by atoms with Gasteiger partial charge in [-0.3, -0.25) is 4.79 Å². The number of carbonyl (C=O) groups is 1. The molecule has 0 heterocycles. The molecule has 0 aromatic heterocycles. The molecule has 2 aromatic rings. The summed E-state index contributed by atoms with van der Waals surface area (Å²) in [7, 11) is -0.484. The third-order valence-corrected chi connectivity index (χ3v) is 7.31. The number of aryl methyl sites for hydroxylation is 1. The highest BCUT2D eigenvalue weighted by Gasteiger charge is 2.21. The van der Waals surface area contributed by atoms with Gasteiger partial charge in [0, 0.05) is 26.1 Å². The van der Waals surface area contributed by atoms with E-state index in [1.54, 1.807) is 56.3 Å². The number of aliphatic hydroxyl groups excluding tert-OH is 1. The Morgan fingerprint density at radius 3 is 2.15 bits per heavy atom. The number of carbonyl (C=O) groups excluding carboxylic acids is 1. The summed E-state index contributed by atoms with van der Waals surface area (Å²) in [6.07, 6.45) is -0.276. The van der Waals surface area contributed by atoms with Crippen LogP contribution in [0, 0.1) is 0 Å². The number of nitrogens with one attached hydrogen (secondary N) is 1. The Morgan fingerprint density at radius 1 is 1.03 bits per heavy atom. The molecule has 0 fully saturated rings. The van der Waals surface area contributed by atoms with Crippen LogP contribution in [0.5, 0.6) is 17.2 Å². The molecular formula is C24H34N2O7S. The summed E-state index contributed by atoms with van der Waals surface area (Å²) in [6.45, 7) is 4.38. The van der Waals surface area contributed by atoms with Crippen molar-refractivity contribution in [1.29, 1.82) is 0 Å². The molecule has 2 rings (SSSR count). The number of aliphatic hydroxyl groups is 1. The van der Waals surface area contributed by atoms with Gasteiger partial charge in [-0.05, 0) is 36.2 Å². The third-order valence-electron chi connectivity index (χ3n) is 5.24. The second-order valence-corrected chi connectivity index (χ2v) is 9.43. The maximum Gasteiger partial charge on any atom is 0.243 e. The fraction of sp³-hybridized carbons (Fsp3) is 0.458. The second-order valence-electron chi connectivity index (χ2n) is 7.49. The Hall–Kier alpha value is -2.82. The van der Waals surface area contributed by atoms with Gasteiger partial charge in [-0.2, -0.15) is 4.31 Å². The van der Waals surface area contributed by atoms with Crippen LogP contribution < -0.4 is 19.5 Å². The molecular weight excluding hydrogens is 460 g/mol. The first-order valence-electron chi connectivity index (χ1n) is 11.1. The lowest BCUT2D eigenvalue weighted by atomic mass is 10.1. The maximum absolute atomic E-state index is 12.6. The Balaban J connectivity index is 1.81. The number of hydrogen-bond donors (Lipinski definition) is 2. The van der Waals surface area contributed by atoms with Gasteiger partial charge in [-0.15, -0.1) is 0 Å². The number of sulfonamides is 1. The van der Waals surface area contributed by atoms with Crippen molar-refractivity contribution in [3.8, 4) is 17.2 Å². The summed E-state index contributed by atoms with van der Waals surface area (Å²) in [5.74, 6) is 1.11. The molecule has 0 aliphatic heterocycles. The highest BCUT2D eigenvalue weighted by Crippen LogP contribution is 2.36. The average Bonchev–Trinajstić information content (AvgIpc) is 2.85. The maximum atomic E-state index is 12.6. The van der Waals surface area contributed by atoms with Crippen LogP contribution in [-0.4, -0.2) is 70.3 Å². The zero-order chi connectivity index (χ0) is 25.1. The molecule has 2 N–H and O–H groups in total. The molecule has 0 saturated carbocycles. The smallest absolute Gasteiger partial charge is 0.243 e. The summed E-state index contributed by atoms with van der Waals surface area (Å²) >= 11 is 0. The molecule has 0 aliphatic carbocycles. The monoisotopic (exact) mass is 494 g/mol. The lowest BCUT2D eigenvalue weighted by Crippen LogP contribution is -2.35. The fourth-order valence-corrected chi connectivity index (χ4v) is 4.77. The number of methoxy groups -OCH3 is 2. The van der Waals surface area contributed by atoms with Crippen molar-refractivity contribution in [2.75, 3.05) is 40.5 Å². The first-order chi connectivity index (χ1) is 16.3. The highest BCUT2D eigenvalue weighted by molar-refractivity contribution is 7.89. The standard InChI is InChI=1S/C24H34N2O7S/c1-5-26(6-2)34(29,30)20-13-10-18(11-14-20)12-15-23(28)25-16-19(27)17-33-24-21(31-3)8-7-9-22(24)32-4/h7-11,13-14,19,27H,5-6,12,15-17H2,1-4H3,(H,25,28). The van der Waals surface area contributed by atoms with Gasteiger partial charge < -0.3 is 24.6 Å². The van der Waals surface area contributed by atoms with Crippen LogP contribution in [0.2, 0.25) is 0 Å². The molecule has 9 nitrogen and oxygen atoms in total. The van der Waals surface area contributed by atoms with Gasteiger partial charge in [0.2, 0.25) is 21.7 Å². The average molecular weight is 495 g/mol. The van der Waals surface area contributed by atoms with Gasteiger partial charge in [0.15, 0.2) is 11.5 Å². The van der Waals surface area contributed by atoms with Crippen LogP contribution >= 0.6 is 0 Å². The van der Waals surface area contributed by atoms with Crippen molar-refractivity contribution in [3.63, 3.8) is 0 Å². The number of rotatable bonds is 14. The van der Waals surface area contributed by atoms with Gasteiger partial charge in [0.1, 0.15) is 12.7 Å². The molecule has 34 heavy (non-hydrogen) atoms. The Labute approximate surface area is 201 Å². The number of para-hydroxylation sites is 1. The molecule has 0 spiro atoms. The molecule has 1 atom stereocenters. The lowest BCUT2D eigenvalue weighted by Gasteiger charge is -2.18. The quantitative estimate of drug-likeness (QED) is 0.414. The number of hydrogen-bond acceptors (Lipinski definition) is 7. The minimum absolute atomic E-state index is 0.0251. The molecule has 0 saturated heterocycles. The Bertz CT molecular complexity index is 1000. The minimum Gasteiger partial charge on any atom is -0.493 e. The van der Waals surface area contributed by atoms with Crippen LogP contribution in [0.15, 0.2) is 47.4 Å². The highest BCUT2D eigenvalue weighted by atomic mass is 32.2. The minimum atomic E-state index is -3.50. The van der Waals surface area contributed by atoms with Crippen molar-refractivity contribution >= 4 is 15.9 Å². The predicted molar refractivity (Wildman–Crippen MR) is 129 cm³/mol. The largest absolute Gasteiger partial charge is 0.493 e. The molecule has 1 amide bonds. The van der Waals surface area contributed by atoms with Crippen LogP contribution in [0.3, 0.4) is 0 Å². The molecule has 0 aliphatic rings. The Morgan fingerprint density at radius 2 is 1.62 bits per heavy atom.